The Hall–Kier alpha value is -1.66. The van der Waals surface area contributed by atoms with Gasteiger partial charge in [0.1, 0.15) is 0 Å². The smallest absolute Gasteiger partial charge is 0.381 e. The molecule has 2 N–H and O–H groups in total. The third kappa shape index (κ3) is 4.43. The summed E-state index contributed by atoms with van der Waals surface area (Å²) >= 11 is 0. The van der Waals surface area contributed by atoms with E-state index in [1.165, 1.54) is 0 Å². The highest BCUT2D eigenvalue weighted by Crippen LogP contribution is 2.49. The van der Waals surface area contributed by atoms with E-state index in [-0.39, 0.29) is 12.0 Å². The zero-order valence-electron chi connectivity index (χ0n) is 15.4. The van der Waals surface area contributed by atoms with Gasteiger partial charge in [-0.15, -0.1) is 0 Å². The summed E-state index contributed by atoms with van der Waals surface area (Å²) in [5.74, 6) is 0.454. The van der Waals surface area contributed by atoms with Crippen molar-refractivity contribution >= 4 is 5.95 Å². The maximum absolute atomic E-state index is 13.0. The van der Waals surface area contributed by atoms with E-state index in [1.54, 1.807) is 4.90 Å². The van der Waals surface area contributed by atoms with Crippen LogP contribution in [0.15, 0.2) is 12.4 Å². The van der Waals surface area contributed by atoms with Crippen molar-refractivity contribution in [2.24, 2.45) is 5.92 Å². The average Bonchev–Trinajstić information content (AvgIpc) is 2.67. The van der Waals surface area contributed by atoms with Crippen LogP contribution in [0.25, 0.3) is 0 Å². The number of hydrogen-bond acceptors (Lipinski definition) is 6. The monoisotopic (exact) mass is 428 g/mol. The second-order valence-corrected chi connectivity index (χ2v) is 7.32. The molecular formula is C17H22F6N4O2. The molecule has 0 aromatic carbocycles. The third-order valence-electron chi connectivity index (χ3n) is 5.43. The largest absolute Gasteiger partial charge is 0.430 e. The van der Waals surface area contributed by atoms with Crippen molar-refractivity contribution < 1.29 is 36.2 Å². The van der Waals surface area contributed by atoms with Crippen molar-refractivity contribution in [1.82, 2.24) is 15.3 Å². The van der Waals surface area contributed by atoms with Crippen LogP contribution in [0.3, 0.4) is 0 Å². The number of aromatic nitrogens is 2. The second kappa shape index (κ2) is 8.23. The standard InChI is InChI=1S/C17H22F6N4O2/c18-16(19,20)15(28,17(21,22)23)12-8-25-14(26-9-12)27-4-3-24-10-13(27)7-11-1-5-29-6-2-11/h8-9,11,13,24,28H,1-7,10H2/t13-/m0/s1. The molecule has 1 aromatic rings. The highest BCUT2D eigenvalue weighted by atomic mass is 19.4. The van der Waals surface area contributed by atoms with Gasteiger partial charge in [0.05, 0.1) is 0 Å². The molecule has 2 fully saturated rings. The fraction of sp³-hybridized carbons (Fsp3) is 0.765. The molecule has 29 heavy (non-hydrogen) atoms. The Morgan fingerprint density at radius 3 is 2.21 bits per heavy atom. The van der Waals surface area contributed by atoms with Crippen molar-refractivity contribution in [1.29, 1.82) is 0 Å². The van der Waals surface area contributed by atoms with E-state index in [4.69, 9.17) is 4.74 Å². The molecule has 12 heteroatoms. The number of piperazine rings is 1. The van der Waals surface area contributed by atoms with Crippen LogP contribution in [0.4, 0.5) is 32.3 Å². The van der Waals surface area contributed by atoms with Crippen molar-refractivity contribution in [2.75, 3.05) is 37.7 Å². The summed E-state index contributed by atoms with van der Waals surface area (Å²) in [6, 6.07) is -0.0400. The fourth-order valence-electron chi connectivity index (χ4n) is 3.75. The summed E-state index contributed by atoms with van der Waals surface area (Å²) in [4.78, 5) is 9.27. The van der Waals surface area contributed by atoms with Crippen LogP contribution < -0.4 is 10.2 Å². The summed E-state index contributed by atoms with van der Waals surface area (Å²) in [5, 5.41) is 12.7. The molecule has 1 atom stereocenters. The minimum absolute atomic E-state index is 0.0400. The molecule has 0 saturated carbocycles. The Balaban J connectivity index is 1.82. The Bertz CT molecular complexity index is 662. The molecule has 0 radical (unpaired) electrons. The number of anilines is 1. The maximum Gasteiger partial charge on any atom is 0.430 e. The van der Waals surface area contributed by atoms with E-state index in [0.29, 0.717) is 51.2 Å². The average molecular weight is 428 g/mol. The van der Waals surface area contributed by atoms with Gasteiger partial charge in [-0.25, -0.2) is 9.97 Å². The Kier molecular flexibility index (Phi) is 6.25. The molecule has 0 bridgehead atoms. The quantitative estimate of drug-likeness (QED) is 0.718. The van der Waals surface area contributed by atoms with E-state index >= 15 is 0 Å². The Morgan fingerprint density at radius 1 is 1.07 bits per heavy atom. The normalized spacial score (nSPS) is 22.7. The summed E-state index contributed by atoms with van der Waals surface area (Å²) in [5.41, 5.74) is -6.49. The van der Waals surface area contributed by atoms with E-state index in [9.17, 15) is 31.4 Å². The van der Waals surface area contributed by atoms with Crippen molar-refractivity contribution in [3.8, 4) is 0 Å². The van der Waals surface area contributed by atoms with E-state index in [0.717, 1.165) is 19.3 Å². The first-order valence-electron chi connectivity index (χ1n) is 9.27. The summed E-state index contributed by atoms with van der Waals surface area (Å²) < 4.78 is 83.4. The lowest BCUT2D eigenvalue weighted by atomic mass is 9.91. The zero-order valence-corrected chi connectivity index (χ0v) is 15.4. The molecule has 0 unspecified atom stereocenters. The van der Waals surface area contributed by atoms with Crippen LogP contribution >= 0.6 is 0 Å². The number of rotatable bonds is 4. The maximum atomic E-state index is 13.0. The van der Waals surface area contributed by atoms with Crippen molar-refractivity contribution in [3.05, 3.63) is 18.0 Å². The van der Waals surface area contributed by atoms with E-state index in [1.807, 2.05) is 0 Å². The van der Waals surface area contributed by atoms with Crippen LogP contribution in [0.1, 0.15) is 24.8 Å². The number of ether oxygens (including phenoxy) is 1. The number of aliphatic hydroxyl groups is 1. The van der Waals surface area contributed by atoms with Crippen molar-refractivity contribution in [3.63, 3.8) is 0 Å². The minimum atomic E-state index is -5.96. The number of nitrogens with zero attached hydrogens (tertiary/aromatic N) is 3. The summed E-state index contributed by atoms with van der Waals surface area (Å²) in [6.07, 6.45) is -8.54. The van der Waals surface area contributed by atoms with Gasteiger partial charge in [0, 0.05) is 56.8 Å². The molecule has 2 saturated heterocycles. The van der Waals surface area contributed by atoms with Crippen LogP contribution in [0.5, 0.6) is 0 Å². The lowest BCUT2D eigenvalue weighted by Crippen LogP contribution is -2.54. The minimum Gasteiger partial charge on any atom is -0.381 e. The molecule has 6 nitrogen and oxygen atoms in total. The summed E-state index contributed by atoms with van der Waals surface area (Å²) in [6.45, 7) is 3.00. The molecule has 0 spiro atoms. The molecule has 0 amide bonds. The highest BCUT2D eigenvalue weighted by Gasteiger charge is 2.71. The first-order valence-corrected chi connectivity index (χ1v) is 9.27. The molecule has 2 aliphatic rings. The number of alkyl halides is 6. The lowest BCUT2D eigenvalue weighted by Gasteiger charge is -2.39. The first-order chi connectivity index (χ1) is 13.5. The van der Waals surface area contributed by atoms with Crippen LogP contribution in [-0.2, 0) is 10.3 Å². The molecule has 0 aliphatic carbocycles. The molecular weight excluding hydrogens is 406 g/mol. The van der Waals surface area contributed by atoms with Crippen LogP contribution in [-0.4, -0.2) is 66.3 Å². The van der Waals surface area contributed by atoms with Gasteiger partial charge >= 0.3 is 12.4 Å². The van der Waals surface area contributed by atoms with Gasteiger partial charge in [-0.2, -0.15) is 26.3 Å². The number of hydrogen-bond donors (Lipinski definition) is 2. The van der Waals surface area contributed by atoms with Gasteiger partial charge in [0.25, 0.3) is 5.60 Å². The fourth-order valence-corrected chi connectivity index (χ4v) is 3.75. The van der Waals surface area contributed by atoms with Gasteiger partial charge < -0.3 is 20.1 Å². The molecule has 2 aliphatic heterocycles. The van der Waals surface area contributed by atoms with Gasteiger partial charge in [0.15, 0.2) is 0 Å². The van der Waals surface area contributed by atoms with Gasteiger partial charge in [-0.1, -0.05) is 0 Å². The van der Waals surface area contributed by atoms with Gasteiger partial charge in [0.2, 0.25) is 5.95 Å². The Labute approximate surface area is 163 Å². The topological polar surface area (TPSA) is 70.5 Å². The molecule has 1 aromatic heterocycles. The first kappa shape index (κ1) is 22.0. The predicted molar refractivity (Wildman–Crippen MR) is 90.2 cm³/mol. The van der Waals surface area contributed by atoms with E-state index in [2.05, 4.69) is 15.3 Å². The third-order valence-corrected chi connectivity index (χ3v) is 5.43. The van der Waals surface area contributed by atoms with Crippen molar-refractivity contribution in [2.45, 2.75) is 43.3 Å². The lowest BCUT2D eigenvalue weighted by molar-refractivity contribution is -0.376. The summed E-state index contributed by atoms with van der Waals surface area (Å²) in [7, 11) is 0. The molecule has 164 valence electrons. The van der Waals surface area contributed by atoms with Crippen LogP contribution in [0, 0.1) is 5.92 Å². The predicted octanol–water partition coefficient (Wildman–Crippen LogP) is 2.38. The second-order valence-electron chi connectivity index (χ2n) is 7.32. The van der Waals surface area contributed by atoms with Crippen LogP contribution in [0.2, 0.25) is 0 Å². The number of halogens is 6. The number of nitrogens with one attached hydrogen (secondary N) is 1. The molecule has 3 rings (SSSR count). The highest BCUT2D eigenvalue weighted by molar-refractivity contribution is 5.35. The zero-order chi connectivity index (χ0) is 21.3. The Morgan fingerprint density at radius 2 is 1.66 bits per heavy atom. The SMILES string of the molecule is OC(c1cnc(N2CCNC[C@@H]2CC2CCOCC2)nc1)(C(F)(F)F)C(F)(F)F. The van der Waals surface area contributed by atoms with E-state index < -0.39 is 23.5 Å². The van der Waals surface area contributed by atoms with Gasteiger partial charge in [-0.05, 0) is 25.2 Å². The van der Waals surface area contributed by atoms with Gasteiger partial charge in [-0.3, -0.25) is 0 Å². The molecule has 3 heterocycles.